The highest BCUT2D eigenvalue weighted by atomic mass is 16.6. The van der Waals surface area contributed by atoms with Gasteiger partial charge in [-0.15, -0.1) is 0 Å². The van der Waals surface area contributed by atoms with Crippen LogP contribution < -0.4 is 10.6 Å². The second-order valence-corrected chi connectivity index (χ2v) is 8.65. The number of rotatable bonds is 3. The third kappa shape index (κ3) is 4.15. The molecule has 126 valence electrons. The Labute approximate surface area is 134 Å². The monoisotopic (exact) mass is 308 g/mol. The topological polar surface area (TPSA) is 50.4 Å². The van der Waals surface area contributed by atoms with Gasteiger partial charge in [0.05, 0.1) is 0 Å². The maximum atomic E-state index is 11.9. The number of hydrogen-bond acceptors (Lipinski definition) is 3. The molecule has 22 heavy (non-hydrogen) atoms. The van der Waals surface area contributed by atoms with Crippen LogP contribution in [0, 0.1) is 11.8 Å². The summed E-state index contributed by atoms with van der Waals surface area (Å²) in [6.45, 7) is 5.73. The number of amides is 1. The summed E-state index contributed by atoms with van der Waals surface area (Å²) >= 11 is 0. The summed E-state index contributed by atoms with van der Waals surface area (Å²) in [5.41, 5.74) is -0.417. The van der Waals surface area contributed by atoms with Gasteiger partial charge >= 0.3 is 6.09 Å². The lowest BCUT2D eigenvalue weighted by Crippen LogP contribution is -2.49. The molecule has 3 saturated carbocycles. The van der Waals surface area contributed by atoms with E-state index in [9.17, 15) is 4.79 Å². The fraction of sp³-hybridized carbons (Fsp3) is 0.944. The third-order valence-electron chi connectivity index (χ3n) is 5.58. The van der Waals surface area contributed by atoms with E-state index in [-0.39, 0.29) is 12.1 Å². The summed E-state index contributed by atoms with van der Waals surface area (Å²) < 4.78 is 5.38. The fourth-order valence-electron chi connectivity index (χ4n) is 4.70. The van der Waals surface area contributed by atoms with Crippen LogP contribution in [0.1, 0.15) is 72.1 Å². The number of hydrogen-bond donors (Lipinski definition) is 2. The van der Waals surface area contributed by atoms with Crippen LogP contribution in [0.25, 0.3) is 0 Å². The highest BCUT2D eigenvalue weighted by Crippen LogP contribution is 2.44. The molecule has 0 heterocycles. The van der Waals surface area contributed by atoms with Crippen molar-refractivity contribution < 1.29 is 9.53 Å². The zero-order valence-electron chi connectivity index (χ0n) is 14.4. The van der Waals surface area contributed by atoms with Gasteiger partial charge in [-0.05, 0) is 77.6 Å². The van der Waals surface area contributed by atoms with E-state index < -0.39 is 5.60 Å². The van der Waals surface area contributed by atoms with Crippen LogP contribution >= 0.6 is 0 Å². The van der Waals surface area contributed by atoms with E-state index in [0.717, 1.165) is 30.7 Å². The predicted molar refractivity (Wildman–Crippen MR) is 87.8 cm³/mol. The second-order valence-electron chi connectivity index (χ2n) is 8.65. The van der Waals surface area contributed by atoms with Crippen LogP contribution in [0.4, 0.5) is 4.79 Å². The van der Waals surface area contributed by atoms with Gasteiger partial charge in [0.15, 0.2) is 0 Å². The Morgan fingerprint density at radius 3 is 2.41 bits per heavy atom. The average Bonchev–Trinajstić information content (AvgIpc) is 2.98. The zero-order valence-corrected chi connectivity index (χ0v) is 14.4. The van der Waals surface area contributed by atoms with Crippen LogP contribution in [-0.4, -0.2) is 29.8 Å². The van der Waals surface area contributed by atoms with Crippen molar-refractivity contribution in [2.45, 2.75) is 95.9 Å². The minimum atomic E-state index is -0.417. The molecule has 0 spiro atoms. The van der Waals surface area contributed by atoms with E-state index in [1.54, 1.807) is 0 Å². The number of fused-ring (bicyclic) bond motifs is 2. The molecule has 4 heteroatoms. The molecule has 0 radical (unpaired) electrons. The Morgan fingerprint density at radius 2 is 1.77 bits per heavy atom. The van der Waals surface area contributed by atoms with Crippen molar-refractivity contribution in [3.8, 4) is 0 Å². The minimum absolute atomic E-state index is 0.264. The van der Waals surface area contributed by atoms with Crippen molar-refractivity contribution in [3.63, 3.8) is 0 Å². The van der Waals surface area contributed by atoms with E-state index in [2.05, 4.69) is 10.6 Å². The number of carbonyl (C=O) groups is 1. The molecule has 4 nitrogen and oxygen atoms in total. The Balaban J connectivity index is 1.44. The van der Waals surface area contributed by atoms with Crippen molar-refractivity contribution in [2.24, 2.45) is 11.8 Å². The molecule has 0 aromatic carbocycles. The van der Waals surface area contributed by atoms with Gasteiger partial charge in [-0.1, -0.05) is 6.42 Å². The maximum absolute atomic E-state index is 11.9. The summed E-state index contributed by atoms with van der Waals surface area (Å²) in [6, 6.07) is 1.57. The van der Waals surface area contributed by atoms with Gasteiger partial charge in [0, 0.05) is 18.1 Å². The van der Waals surface area contributed by atoms with Crippen LogP contribution in [0.5, 0.6) is 0 Å². The summed E-state index contributed by atoms with van der Waals surface area (Å²) in [5, 5.41) is 6.97. The summed E-state index contributed by atoms with van der Waals surface area (Å²) in [5.74, 6) is 1.91. The minimum Gasteiger partial charge on any atom is -0.444 e. The highest BCUT2D eigenvalue weighted by Gasteiger charge is 2.40. The lowest BCUT2D eigenvalue weighted by atomic mass is 9.88. The van der Waals surface area contributed by atoms with Gasteiger partial charge in [-0.3, -0.25) is 0 Å². The Morgan fingerprint density at radius 1 is 1.00 bits per heavy atom. The van der Waals surface area contributed by atoms with Crippen molar-refractivity contribution in [1.29, 1.82) is 0 Å². The molecular formula is C18H32N2O2. The largest absolute Gasteiger partial charge is 0.444 e. The number of ether oxygens (including phenoxy) is 1. The fourth-order valence-corrected chi connectivity index (χ4v) is 4.70. The first-order valence-corrected chi connectivity index (χ1v) is 9.14. The van der Waals surface area contributed by atoms with Crippen LogP contribution in [0.15, 0.2) is 0 Å². The molecule has 3 aliphatic carbocycles. The van der Waals surface area contributed by atoms with E-state index >= 15 is 0 Å². The van der Waals surface area contributed by atoms with Gasteiger partial charge in [0.2, 0.25) is 0 Å². The molecule has 2 N–H and O–H groups in total. The summed E-state index contributed by atoms with van der Waals surface area (Å²) in [6.07, 6.45) is 10.0. The first-order valence-electron chi connectivity index (χ1n) is 9.14. The van der Waals surface area contributed by atoms with Crippen molar-refractivity contribution in [3.05, 3.63) is 0 Å². The van der Waals surface area contributed by atoms with Gasteiger partial charge in [0.1, 0.15) is 5.60 Å². The normalized spacial score (nSPS) is 38.0. The first kappa shape index (κ1) is 16.1. The molecule has 0 aliphatic heterocycles. The van der Waals surface area contributed by atoms with E-state index in [0.29, 0.717) is 6.04 Å². The van der Waals surface area contributed by atoms with Crippen molar-refractivity contribution >= 4 is 6.09 Å². The van der Waals surface area contributed by atoms with Crippen molar-refractivity contribution in [2.75, 3.05) is 0 Å². The molecule has 0 saturated heterocycles. The van der Waals surface area contributed by atoms with Gasteiger partial charge in [-0.25, -0.2) is 4.79 Å². The average molecular weight is 308 g/mol. The lowest BCUT2D eigenvalue weighted by Gasteiger charge is -2.35. The Kier molecular flexibility index (Phi) is 4.67. The molecule has 0 aromatic heterocycles. The number of alkyl carbamates (subject to hydrolysis) is 1. The summed E-state index contributed by atoms with van der Waals surface area (Å²) in [7, 11) is 0. The number of nitrogens with one attached hydrogen (secondary N) is 2. The number of carbonyl (C=O) groups excluding carboxylic acids is 1. The molecule has 2 bridgehead atoms. The maximum Gasteiger partial charge on any atom is 0.407 e. The third-order valence-corrected chi connectivity index (χ3v) is 5.58. The van der Waals surface area contributed by atoms with Crippen LogP contribution in [0.3, 0.4) is 0 Å². The molecule has 0 aromatic rings. The highest BCUT2D eigenvalue weighted by molar-refractivity contribution is 5.68. The molecule has 1 amide bonds. The first-order chi connectivity index (χ1) is 10.4. The molecular weight excluding hydrogens is 276 g/mol. The van der Waals surface area contributed by atoms with Crippen LogP contribution in [0.2, 0.25) is 0 Å². The zero-order chi connectivity index (χ0) is 15.7. The predicted octanol–water partition coefficient (Wildman–Crippen LogP) is 3.60. The van der Waals surface area contributed by atoms with Gasteiger partial charge in [-0.2, -0.15) is 0 Å². The van der Waals surface area contributed by atoms with E-state index in [4.69, 9.17) is 4.74 Å². The quantitative estimate of drug-likeness (QED) is 0.837. The van der Waals surface area contributed by atoms with E-state index in [1.807, 2.05) is 20.8 Å². The van der Waals surface area contributed by atoms with Gasteiger partial charge in [0.25, 0.3) is 0 Å². The molecule has 3 fully saturated rings. The summed E-state index contributed by atoms with van der Waals surface area (Å²) in [4.78, 5) is 11.9. The van der Waals surface area contributed by atoms with Crippen LogP contribution in [-0.2, 0) is 4.74 Å². The Bertz CT molecular complexity index is 404. The molecule has 5 atom stereocenters. The van der Waals surface area contributed by atoms with E-state index in [1.165, 1.54) is 38.5 Å². The standard InChI is InChI=1S/C18H32N2O2/c1-18(2,3)22-17(21)20-15-6-4-5-14(11-15)19-16-10-12-7-8-13(16)9-12/h12-16,19H,4-11H2,1-3H3,(H,20,21). The Hall–Kier alpha value is -0.770. The molecule has 3 rings (SSSR count). The van der Waals surface area contributed by atoms with Crippen molar-refractivity contribution in [1.82, 2.24) is 10.6 Å². The lowest BCUT2D eigenvalue weighted by molar-refractivity contribution is 0.0487. The SMILES string of the molecule is CC(C)(C)OC(=O)NC1CCCC(NC2CC3CCC2C3)C1. The molecule has 3 aliphatic rings. The van der Waals surface area contributed by atoms with Gasteiger partial charge < -0.3 is 15.4 Å². The molecule has 5 unspecified atom stereocenters. The smallest absolute Gasteiger partial charge is 0.407 e. The second kappa shape index (κ2) is 6.38.